The molecule has 0 unspecified atom stereocenters. The zero-order chi connectivity index (χ0) is 17.9. The third-order valence-electron chi connectivity index (χ3n) is 4.66. The lowest BCUT2D eigenvalue weighted by Gasteiger charge is -2.40. The molecule has 1 aliphatic rings. The number of hydrogen-bond acceptors (Lipinski definition) is 4. The van der Waals surface area contributed by atoms with Gasteiger partial charge in [0, 0.05) is 18.2 Å². The van der Waals surface area contributed by atoms with Gasteiger partial charge in [-0.1, -0.05) is 11.6 Å². The molecule has 0 aromatic heterocycles. The highest BCUT2D eigenvalue weighted by molar-refractivity contribution is 6.32. The van der Waals surface area contributed by atoms with Gasteiger partial charge in [-0.2, -0.15) is 0 Å². The van der Waals surface area contributed by atoms with Crippen LogP contribution in [0, 0.1) is 0 Å². The minimum atomic E-state index is -0.369. The molecule has 6 heteroatoms. The van der Waals surface area contributed by atoms with Gasteiger partial charge in [-0.25, -0.2) is 0 Å². The van der Waals surface area contributed by atoms with Gasteiger partial charge in [-0.3, -0.25) is 4.79 Å². The van der Waals surface area contributed by atoms with Gasteiger partial charge in [-0.15, -0.1) is 0 Å². The van der Waals surface area contributed by atoms with Crippen LogP contribution in [0.15, 0.2) is 12.1 Å². The second kappa shape index (κ2) is 7.97. The molecule has 2 rings (SSSR count). The molecule has 1 N–H and O–H groups in total. The molecule has 24 heavy (non-hydrogen) atoms. The molecule has 0 radical (unpaired) electrons. The first-order chi connectivity index (χ1) is 11.4. The molecule has 0 aliphatic carbocycles. The van der Waals surface area contributed by atoms with Crippen LogP contribution in [0.5, 0.6) is 11.5 Å². The van der Waals surface area contributed by atoms with Gasteiger partial charge >= 0.3 is 0 Å². The van der Waals surface area contributed by atoms with Crippen molar-refractivity contribution < 1.29 is 14.3 Å². The Balaban J connectivity index is 2.18. The maximum Gasteiger partial charge on any atom is 0.245 e. The van der Waals surface area contributed by atoms with Crippen LogP contribution in [0.25, 0.3) is 0 Å². The summed E-state index contributed by atoms with van der Waals surface area (Å²) in [7, 11) is 3.13. The number of rotatable bonds is 5. The SMILES string of the molecule is COc1cc(OC)c(N[C@H](C)C(=O)N2[C@@H](C)CCC[C@@H]2C)cc1Cl. The Morgan fingerprint density at radius 2 is 1.79 bits per heavy atom. The molecule has 0 saturated carbocycles. The number of piperidine rings is 1. The fraction of sp³-hybridized carbons (Fsp3) is 0.611. The number of benzene rings is 1. The lowest BCUT2D eigenvalue weighted by molar-refractivity contribution is -0.137. The quantitative estimate of drug-likeness (QED) is 0.869. The minimum absolute atomic E-state index is 0.101. The van der Waals surface area contributed by atoms with Gasteiger partial charge in [0.25, 0.3) is 0 Å². The first-order valence-corrected chi connectivity index (χ1v) is 8.77. The van der Waals surface area contributed by atoms with Crippen molar-refractivity contribution in [1.29, 1.82) is 0 Å². The van der Waals surface area contributed by atoms with E-state index in [1.807, 2.05) is 11.8 Å². The summed E-state index contributed by atoms with van der Waals surface area (Å²) in [5.41, 5.74) is 0.682. The van der Waals surface area contributed by atoms with Crippen LogP contribution in [-0.2, 0) is 4.79 Å². The number of nitrogens with one attached hydrogen (secondary N) is 1. The highest BCUT2D eigenvalue weighted by atomic mass is 35.5. The van der Waals surface area contributed by atoms with Crippen LogP contribution in [-0.4, -0.2) is 43.2 Å². The van der Waals surface area contributed by atoms with Gasteiger partial charge in [0.1, 0.15) is 17.5 Å². The zero-order valence-corrected chi connectivity index (χ0v) is 15.8. The number of amides is 1. The van der Waals surface area contributed by atoms with E-state index in [0.29, 0.717) is 22.2 Å². The van der Waals surface area contributed by atoms with Crippen LogP contribution < -0.4 is 14.8 Å². The average molecular weight is 355 g/mol. The van der Waals surface area contributed by atoms with Crippen molar-refractivity contribution in [3.63, 3.8) is 0 Å². The number of halogens is 1. The van der Waals surface area contributed by atoms with Crippen LogP contribution in [0.1, 0.15) is 40.0 Å². The second-order valence-electron chi connectivity index (χ2n) is 6.43. The Labute approximate surface area is 149 Å². The molecule has 1 aliphatic heterocycles. The molecule has 3 atom stereocenters. The average Bonchev–Trinajstić information content (AvgIpc) is 2.54. The van der Waals surface area contributed by atoms with E-state index in [1.165, 1.54) is 6.42 Å². The van der Waals surface area contributed by atoms with Crippen LogP contribution >= 0.6 is 11.6 Å². The number of carbonyl (C=O) groups excluding carboxylic acids is 1. The Kier molecular flexibility index (Phi) is 6.21. The van der Waals surface area contributed by atoms with Crippen molar-refractivity contribution in [3.05, 3.63) is 17.2 Å². The first kappa shape index (κ1) is 18.7. The predicted molar refractivity (Wildman–Crippen MR) is 97.3 cm³/mol. The molecule has 5 nitrogen and oxygen atoms in total. The summed E-state index contributed by atoms with van der Waals surface area (Å²) in [6, 6.07) is 3.62. The summed E-state index contributed by atoms with van der Waals surface area (Å²) in [4.78, 5) is 14.9. The molecule has 1 aromatic carbocycles. The highest BCUT2D eigenvalue weighted by Crippen LogP contribution is 2.36. The number of anilines is 1. The Morgan fingerprint density at radius 3 is 2.33 bits per heavy atom. The van der Waals surface area contributed by atoms with Gasteiger partial charge in [-0.05, 0) is 46.1 Å². The summed E-state index contributed by atoms with van der Waals surface area (Å²) in [5.74, 6) is 1.23. The first-order valence-electron chi connectivity index (χ1n) is 8.39. The van der Waals surface area contributed by atoms with Crippen molar-refractivity contribution in [2.75, 3.05) is 19.5 Å². The second-order valence-corrected chi connectivity index (χ2v) is 6.83. The fourth-order valence-corrected chi connectivity index (χ4v) is 3.59. The van der Waals surface area contributed by atoms with E-state index in [2.05, 4.69) is 19.2 Å². The van der Waals surface area contributed by atoms with Crippen molar-refractivity contribution in [3.8, 4) is 11.5 Å². The Bertz CT molecular complexity index is 584. The summed E-state index contributed by atoms with van der Waals surface area (Å²) < 4.78 is 10.6. The van der Waals surface area contributed by atoms with E-state index < -0.39 is 0 Å². The Morgan fingerprint density at radius 1 is 1.21 bits per heavy atom. The van der Waals surface area contributed by atoms with Crippen molar-refractivity contribution in [2.45, 2.75) is 58.2 Å². The molecular formula is C18H27ClN2O3. The number of nitrogens with zero attached hydrogens (tertiary/aromatic N) is 1. The van der Waals surface area contributed by atoms with Crippen LogP contribution in [0.3, 0.4) is 0 Å². The zero-order valence-electron chi connectivity index (χ0n) is 15.1. The van der Waals surface area contributed by atoms with Crippen molar-refractivity contribution >= 4 is 23.2 Å². The topological polar surface area (TPSA) is 50.8 Å². The number of carbonyl (C=O) groups is 1. The van der Waals surface area contributed by atoms with E-state index in [1.54, 1.807) is 26.4 Å². The molecule has 1 saturated heterocycles. The minimum Gasteiger partial charge on any atom is -0.495 e. The van der Waals surface area contributed by atoms with E-state index in [0.717, 1.165) is 12.8 Å². The van der Waals surface area contributed by atoms with Crippen LogP contribution in [0.2, 0.25) is 5.02 Å². The van der Waals surface area contributed by atoms with E-state index in [-0.39, 0.29) is 24.0 Å². The lowest BCUT2D eigenvalue weighted by atomic mass is 9.96. The number of hydrogen-bond donors (Lipinski definition) is 1. The summed E-state index contributed by atoms with van der Waals surface area (Å²) in [5, 5.41) is 3.71. The summed E-state index contributed by atoms with van der Waals surface area (Å²) >= 11 is 6.20. The molecule has 0 bridgehead atoms. The normalized spacial score (nSPS) is 22.0. The van der Waals surface area contributed by atoms with Crippen molar-refractivity contribution in [1.82, 2.24) is 4.90 Å². The third kappa shape index (κ3) is 3.89. The Hall–Kier alpha value is -1.62. The molecule has 1 amide bonds. The van der Waals surface area contributed by atoms with Crippen molar-refractivity contribution in [2.24, 2.45) is 0 Å². The van der Waals surface area contributed by atoms with Gasteiger partial charge < -0.3 is 19.7 Å². The largest absolute Gasteiger partial charge is 0.495 e. The maximum atomic E-state index is 12.9. The summed E-state index contributed by atoms with van der Waals surface area (Å²) in [6.45, 7) is 6.10. The van der Waals surface area contributed by atoms with E-state index in [4.69, 9.17) is 21.1 Å². The van der Waals surface area contributed by atoms with Crippen LogP contribution in [0.4, 0.5) is 5.69 Å². The van der Waals surface area contributed by atoms with Gasteiger partial charge in [0.15, 0.2) is 0 Å². The predicted octanol–water partition coefficient (Wildman–Crippen LogP) is 3.95. The number of ether oxygens (including phenoxy) is 2. The monoisotopic (exact) mass is 354 g/mol. The molecule has 1 heterocycles. The smallest absolute Gasteiger partial charge is 0.245 e. The highest BCUT2D eigenvalue weighted by Gasteiger charge is 2.32. The molecule has 134 valence electrons. The van der Waals surface area contributed by atoms with E-state index >= 15 is 0 Å². The number of methoxy groups -OCH3 is 2. The molecule has 1 aromatic rings. The standard InChI is InChI=1S/C18H27ClN2O3/c1-11-7-6-8-12(2)21(11)18(22)13(3)20-15-9-14(19)16(23-4)10-17(15)24-5/h9-13,20H,6-8H2,1-5H3/t11-,12-,13+/m0/s1. The lowest BCUT2D eigenvalue weighted by Crippen LogP contribution is -2.52. The number of likely N-dealkylation sites (tertiary alicyclic amines) is 1. The molecule has 1 fully saturated rings. The van der Waals surface area contributed by atoms with Gasteiger partial charge in [0.05, 0.1) is 24.9 Å². The molecule has 0 spiro atoms. The fourth-order valence-electron chi connectivity index (χ4n) is 3.35. The van der Waals surface area contributed by atoms with Gasteiger partial charge in [0.2, 0.25) is 5.91 Å². The third-order valence-corrected chi connectivity index (χ3v) is 4.96. The summed E-state index contributed by atoms with van der Waals surface area (Å²) in [6.07, 6.45) is 3.29. The van der Waals surface area contributed by atoms with E-state index in [9.17, 15) is 4.79 Å². The molecular weight excluding hydrogens is 328 g/mol. The maximum absolute atomic E-state index is 12.9.